The molecule has 2 nitrogen and oxygen atoms in total. The molecule has 2 aliphatic rings. The molecule has 0 saturated carbocycles. The lowest BCUT2D eigenvalue weighted by Gasteiger charge is -2.39. The van der Waals surface area contributed by atoms with Gasteiger partial charge in [0.2, 0.25) is 0 Å². The van der Waals surface area contributed by atoms with Crippen LogP contribution in [-0.2, 0) is 5.41 Å². The Morgan fingerprint density at radius 2 is 1.41 bits per heavy atom. The molecule has 0 fully saturated rings. The van der Waals surface area contributed by atoms with Crippen molar-refractivity contribution in [3.63, 3.8) is 0 Å². The van der Waals surface area contributed by atoms with Gasteiger partial charge in [-0.15, -0.1) is 0 Å². The van der Waals surface area contributed by atoms with E-state index in [1.807, 2.05) is 42.5 Å². The Labute approximate surface area is 173 Å². The van der Waals surface area contributed by atoms with Crippen molar-refractivity contribution in [2.45, 2.75) is 5.41 Å². The normalized spacial score (nSPS) is 17.5. The number of rotatable bonds is 0. The standard InChI is InChI=1S/C26H14ClNO/c27-22-13-6-11-20-24(22)17-8-1-2-9-18(17)26(20)19-10-3-4-14-23(19)29-25-16(15-28)7-5-12-21(25)26/h1-14H. The van der Waals surface area contributed by atoms with Gasteiger partial charge in [0.05, 0.1) is 11.0 Å². The van der Waals surface area contributed by atoms with Gasteiger partial charge in [0, 0.05) is 21.7 Å². The Morgan fingerprint density at radius 3 is 2.28 bits per heavy atom. The quantitative estimate of drug-likeness (QED) is 0.289. The van der Waals surface area contributed by atoms with Gasteiger partial charge in [-0.3, -0.25) is 0 Å². The second kappa shape index (κ2) is 5.73. The molecule has 1 aliphatic carbocycles. The molecular formula is C26H14ClNO. The largest absolute Gasteiger partial charge is 0.455 e. The lowest BCUT2D eigenvalue weighted by atomic mass is 9.66. The van der Waals surface area contributed by atoms with Crippen molar-refractivity contribution < 1.29 is 4.74 Å². The molecule has 0 N–H and O–H groups in total. The number of para-hydroxylation sites is 2. The Kier molecular flexibility index (Phi) is 3.25. The maximum atomic E-state index is 9.76. The van der Waals surface area contributed by atoms with Crippen molar-refractivity contribution >= 4 is 11.6 Å². The van der Waals surface area contributed by atoms with Crippen LogP contribution in [0.5, 0.6) is 11.5 Å². The van der Waals surface area contributed by atoms with Crippen LogP contribution < -0.4 is 4.74 Å². The smallest absolute Gasteiger partial charge is 0.149 e. The van der Waals surface area contributed by atoms with Crippen LogP contribution in [0.2, 0.25) is 5.02 Å². The molecule has 0 saturated heterocycles. The van der Waals surface area contributed by atoms with Crippen LogP contribution >= 0.6 is 11.6 Å². The van der Waals surface area contributed by atoms with Crippen molar-refractivity contribution in [1.82, 2.24) is 0 Å². The van der Waals surface area contributed by atoms with Gasteiger partial charge in [0.15, 0.2) is 0 Å². The van der Waals surface area contributed by atoms with Crippen LogP contribution in [0, 0.1) is 11.3 Å². The molecule has 4 aromatic rings. The van der Waals surface area contributed by atoms with Crippen molar-refractivity contribution in [2.24, 2.45) is 0 Å². The second-order valence-corrected chi connectivity index (χ2v) is 7.76. The molecule has 0 bridgehead atoms. The molecule has 0 amide bonds. The van der Waals surface area contributed by atoms with Crippen molar-refractivity contribution in [3.8, 4) is 28.7 Å². The molecule has 0 radical (unpaired) electrons. The van der Waals surface area contributed by atoms with Crippen molar-refractivity contribution in [3.05, 3.63) is 118 Å². The number of benzene rings is 4. The van der Waals surface area contributed by atoms with Crippen LogP contribution in [-0.4, -0.2) is 0 Å². The van der Waals surface area contributed by atoms with Gasteiger partial charge < -0.3 is 4.74 Å². The Bertz CT molecular complexity index is 1370. The van der Waals surface area contributed by atoms with Gasteiger partial charge >= 0.3 is 0 Å². The molecule has 4 aromatic carbocycles. The maximum absolute atomic E-state index is 9.76. The summed E-state index contributed by atoms with van der Waals surface area (Å²) in [5.74, 6) is 1.39. The van der Waals surface area contributed by atoms with E-state index in [0.29, 0.717) is 11.3 Å². The molecule has 29 heavy (non-hydrogen) atoms. The van der Waals surface area contributed by atoms with Gasteiger partial charge in [-0.1, -0.05) is 78.3 Å². The Balaban J connectivity index is 1.88. The first-order valence-corrected chi connectivity index (χ1v) is 9.84. The number of ether oxygens (including phenoxy) is 1. The fraction of sp³-hybridized carbons (Fsp3) is 0.0385. The Hall–Kier alpha value is -3.54. The van der Waals surface area contributed by atoms with Crippen LogP contribution in [0.3, 0.4) is 0 Å². The average molecular weight is 392 g/mol. The summed E-state index contributed by atoms with van der Waals surface area (Å²) in [5, 5.41) is 10.5. The summed E-state index contributed by atoms with van der Waals surface area (Å²) in [6, 6.07) is 30.7. The number of fused-ring (bicyclic) bond motifs is 9. The summed E-state index contributed by atoms with van der Waals surface area (Å²) in [5.41, 5.74) is 6.46. The minimum absolute atomic E-state index is 0.532. The first kappa shape index (κ1) is 16.4. The number of nitriles is 1. The highest BCUT2D eigenvalue weighted by Crippen LogP contribution is 2.63. The molecule has 1 aliphatic heterocycles. The van der Waals surface area contributed by atoms with E-state index in [-0.39, 0.29) is 0 Å². The molecule has 1 heterocycles. The van der Waals surface area contributed by atoms with E-state index in [1.54, 1.807) is 6.07 Å². The summed E-state index contributed by atoms with van der Waals surface area (Å²) in [7, 11) is 0. The van der Waals surface area contributed by atoms with E-state index in [1.165, 1.54) is 0 Å². The zero-order chi connectivity index (χ0) is 19.6. The molecule has 1 unspecified atom stereocenters. The van der Waals surface area contributed by atoms with E-state index >= 15 is 0 Å². The number of nitrogens with zero attached hydrogens (tertiary/aromatic N) is 1. The summed E-state index contributed by atoms with van der Waals surface area (Å²) in [6.07, 6.45) is 0. The third-order valence-electron chi connectivity index (χ3n) is 6.06. The van der Waals surface area contributed by atoms with E-state index in [0.717, 1.165) is 44.2 Å². The summed E-state index contributed by atoms with van der Waals surface area (Å²) in [4.78, 5) is 0. The predicted octanol–water partition coefficient (Wildman–Crippen LogP) is 6.68. The van der Waals surface area contributed by atoms with Gasteiger partial charge in [0.25, 0.3) is 0 Å². The van der Waals surface area contributed by atoms with Gasteiger partial charge in [-0.2, -0.15) is 5.26 Å². The SMILES string of the molecule is N#Cc1cccc2c1Oc1ccccc1C21c2ccccc2-c2c(Cl)cccc21. The topological polar surface area (TPSA) is 33.0 Å². The zero-order valence-corrected chi connectivity index (χ0v) is 16.1. The molecular weight excluding hydrogens is 378 g/mol. The van der Waals surface area contributed by atoms with E-state index in [2.05, 4.69) is 42.5 Å². The first-order chi connectivity index (χ1) is 14.3. The minimum Gasteiger partial charge on any atom is -0.455 e. The van der Waals surface area contributed by atoms with Crippen LogP contribution in [0.15, 0.2) is 84.9 Å². The molecule has 1 atom stereocenters. The third kappa shape index (κ3) is 1.91. The molecule has 0 aromatic heterocycles. The summed E-state index contributed by atoms with van der Waals surface area (Å²) < 4.78 is 6.29. The Morgan fingerprint density at radius 1 is 0.724 bits per heavy atom. The van der Waals surface area contributed by atoms with Crippen molar-refractivity contribution in [2.75, 3.05) is 0 Å². The van der Waals surface area contributed by atoms with Gasteiger partial charge in [-0.25, -0.2) is 0 Å². The third-order valence-corrected chi connectivity index (χ3v) is 6.38. The molecule has 3 heteroatoms. The molecule has 136 valence electrons. The lowest BCUT2D eigenvalue weighted by molar-refractivity contribution is 0.435. The maximum Gasteiger partial charge on any atom is 0.149 e. The summed E-state index contributed by atoms with van der Waals surface area (Å²) >= 11 is 6.73. The molecule has 6 rings (SSSR count). The number of hydrogen-bond donors (Lipinski definition) is 0. The molecule has 1 spiro atoms. The van der Waals surface area contributed by atoms with Gasteiger partial charge in [-0.05, 0) is 34.9 Å². The second-order valence-electron chi connectivity index (χ2n) is 7.35. The number of hydrogen-bond acceptors (Lipinski definition) is 2. The minimum atomic E-state index is -0.576. The predicted molar refractivity (Wildman–Crippen MR) is 114 cm³/mol. The first-order valence-electron chi connectivity index (χ1n) is 9.46. The fourth-order valence-corrected chi connectivity index (χ4v) is 5.29. The number of halogens is 1. The average Bonchev–Trinajstić information content (AvgIpc) is 3.06. The van der Waals surface area contributed by atoms with E-state index in [4.69, 9.17) is 16.3 Å². The highest BCUT2D eigenvalue weighted by Gasteiger charge is 2.51. The highest BCUT2D eigenvalue weighted by molar-refractivity contribution is 6.34. The summed E-state index contributed by atoms with van der Waals surface area (Å²) in [6.45, 7) is 0. The zero-order valence-electron chi connectivity index (χ0n) is 15.3. The van der Waals surface area contributed by atoms with Crippen LogP contribution in [0.4, 0.5) is 0 Å². The lowest BCUT2D eigenvalue weighted by Crippen LogP contribution is -2.32. The van der Waals surface area contributed by atoms with Crippen LogP contribution in [0.1, 0.15) is 27.8 Å². The monoisotopic (exact) mass is 391 g/mol. The van der Waals surface area contributed by atoms with Gasteiger partial charge in [0.1, 0.15) is 17.6 Å². The highest BCUT2D eigenvalue weighted by atomic mass is 35.5. The van der Waals surface area contributed by atoms with E-state index in [9.17, 15) is 5.26 Å². The van der Waals surface area contributed by atoms with Crippen molar-refractivity contribution in [1.29, 1.82) is 5.26 Å². The van der Waals surface area contributed by atoms with Crippen LogP contribution in [0.25, 0.3) is 11.1 Å². The fourth-order valence-electron chi connectivity index (χ4n) is 5.01. The van der Waals surface area contributed by atoms with E-state index < -0.39 is 5.41 Å².